The van der Waals surface area contributed by atoms with E-state index in [1.807, 2.05) is 6.92 Å². The Balaban J connectivity index is 2.53. The Bertz CT molecular complexity index is 597. The lowest BCUT2D eigenvalue weighted by molar-refractivity contribution is -0.140. The van der Waals surface area contributed by atoms with Gasteiger partial charge in [-0.2, -0.15) is 0 Å². The van der Waals surface area contributed by atoms with Gasteiger partial charge in [0.2, 0.25) is 0 Å². The SMILES string of the molecule is COC(=O)C1(S(=O)(=O)c2ccc(C)cc2C)CC1. The minimum Gasteiger partial charge on any atom is -0.468 e. The highest BCUT2D eigenvalue weighted by molar-refractivity contribution is 7.94. The van der Waals surface area contributed by atoms with Gasteiger partial charge in [-0.15, -0.1) is 0 Å². The van der Waals surface area contributed by atoms with Crippen LogP contribution in [0.25, 0.3) is 0 Å². The topological polar surface area (TPSA) is 60.4 Å². The minimum atomic E-state index is -3.66. The maximum atomic E-state index is 12.5. The van der Waals surface area contributed by atoms with E-state index in [1.54, 1.807) is 25.1 Å². The molecule has 1 aromatic carbocycles. The molecule has 98 valence electrons. The number of methoxy groups -OCH3 is 1. The van der Waals surface area contributed by atoms with Crippen molar-refractivity contribution in [3.63, 3.8) is 0 Å². The maximum Gasteiger partial charge on any atom is 0.327 e. The van der Waals surface area contributed by atoms with Gasteiger partial charge < -0.3 is 4.74 Å². The Hall–Kier alpha value is -1.36. The average Bonchev–Trinajstić information content (AvgIpc) is 3.08. The van der Waals surface area contributed by atoms with Gasteiger partial charge >= 0.3 is 5.97 Å². The fraction of sp³-hybridized carbons (Fsp3) is 0.462. The monoisotopic (exact) mass is 268 g/mol. The summed E-state index contributed by atoms with van der Waals surface area (Å²) in [6, 6.07) is 5.12. The molecule has 0 aliphatic heterocycles. The summed E-state index contributed by atoms with van der Waals surface area (Å²) in [5.74, 6) is -0.650. The Labute approximate surface area is 107 Å². The zero-order valence-electron chi connectivity index (χ0n) is 10.7. The maximum absolute atomic E-state index is 12.5. The molecule has 1 aliphatic carbocycles. The molecule has 0 spiro atoms. The van der Waals surface area contributed by atoms with Gasteiger partial charge in [0.1, 0.15) is 0 Å². The van der Waals surface area contributed by atoms with Crippen LogP contribution >= 0.6 is 0 Å². The van der Waals surface area contributed by atoms with Crippen molar-refractivity contribution in [2.45, 2.75) is 36.3 Å². The summed E-state index contributed by atoms with van der Waals surface area (Å²) >= 11 is 0. The van der Waals surface area contributed by atoms with E-state index < -0.39 is 20.6 Å². The molecule has 0 heterocycles. The Morgan fingerprint density at radius 3 is 2.33 bits per heavy atom. The Kier molecular flexibility index (Phi) is 2.97. The largest absolute Gasteiger partial charge is 0.468 e. The standard InChI is InChI=1S/C13H16O4S/c1-9-4-5-11(10(2)8-9)18(15,16)13(6-7-13)12(14)17-3/h4-5,8H,6-7H2,1-3H3. The highest BCUT2D eigenvalue weighted by Crippen LogP contribution is 2.48. The quantitative estimate of drug-likeness (QED) is 0.784. The number of aryl methyl sites for hydroxylation is 2. The lowest BCUT2D eigenvalue weighted by atomic mass is 10.2. The van der Waals surface area contributed by atoms with Crippen molar-refractivity contribution in [3.8, 4) is 0 Å². The van der Waals surface area contributed by atoms with Crippen LogP contribution in [0.1, 0.15) is 24.0 Å². The van der Waals surface area contributed by atoms with Crippen molar-refractivity contribution in [2.75, 3.05) is 7.11 Å². The molecule has 18 heavy (non-hydrogen) atoms. The average molecular weight is 268 g/mol. The van der Waals surface area contributed by atoms with Crippen molar-refractivity contribution in [1.29, 1.82) is 0 Å². The Morgan fingerprint density at radius 2 is 1.89 bits per heavy atom. The van der Waals surface area contributed by atoms with Crippen molar-refractivity contribution >= 4 is 15.8 Å². The second-order valence-electron chi connectivity index (χ2n) is 4.76. The highest BCUT2D eigenvalue weighted by atomic mass is 32.2. The van der Waals surface area contributed by atoms with Crippen LogP contribution in [0.3, 0.4) is 0 Å². The molecule has 0 amide bonds. The molecule has 0 saturated heterocycles. The number of sulfone groups is 1. The van der Waals surface area contributed by atoms with E-state index in [9.17, 15) is 13.2 Å². The van der Waals surface area contributed by atoms with E-state index in [0.29, 0.717) is 18.4 Å². The van der Waals surface area contributed by atoms with Gasteiger partial charge in [-0.05, 0) is 38.3 Å². The third-order valence-electron chi connectivity index (χ3n) is 3.40. The normalized spacial score (nSPS) is 17.3. The molecule has 0 radical (unpaired) electrons. The summed E-state index contributed by atoms with van der Waals surface area (Å²) in [4.78, 5) is 11.9. The van der Waals surface area contributed by atoms with Gasteiger partial charge in [-0.1, -0.05) is 17.7 Å². The number of hydrogen-bond donors (Lipinski definition) is 0. The van der Waals surface area contributed by atoms with E-state index in [-0.39, 0.29) is 4.90 Å². The number of benzene rings is 1. The predicted octanol–water partition coefficient (Wildman–Crippen LogP) is 1.78. The second-order valence-corrected chi connectivity index (χ2v) is 6.99. The van der Waals surface area contributed by atoms with Crippen molar-refractivity contribution in [2.24, 2.45) is 0 Å². The molecule has 0 N–H and O–H groups in total. The van der Waals surface area contributed by atoms with Crippen molar-refractivity contribution < 1.29 is 17.9 Å². The second kappa shape index (κ2) is 4.09. The van der Waals surface area contributed by atoms with Crippen LogP contribution in [0, 0.1) is 13.8 Å². The smallest absolute Gasteiger partial charge is 0.327 e. The molecule has 1 aromatic rings. The van der Waals surface area contributed by atoms with Gasteiger partial charge in [0, 0.05) is 0 Å². The third-order valence-corrected chi connectivity index (χ3v) is 6.04. The first-order valence-electron chi connectivity index (χ1n) is 5.75. The zero-order chi connectivity index (χ0) is 13.6. The number of ether oxygens (including phenoxy) is 1. The number of carbonyl (C=O) groups excluding carboxylic acids is 1. The summed E-state index contributed by atoms with van der Waals surface area (Å²) in [5, 5.41) is 0. The summed E-state index contributed by atoms with van der Waals surface area (Å²) in [7, 11) is -2.44. The van der Waals surface area contributed by atoms with E-state index in [0.717, 1.165) is 5.56 Å². The van der Waals surface area contributed by atoms with Crippen LogP contribution in [0.2, 0.25) is 0 Å². The van der Waals surface area contributed by atoms with Gasteiger partial charge in [-0.3, -0.25) is 4.79 Å². The zero-order valence-corrected chi connectivity index (χ0v) is 11.5. The van der Waals surface area contributed by atoms with Gasteiger partial charge in [-0.25, -0.2) is 8.42 Å². The van der Waals surface area contributed by atoms with Crippen LogP contribution in [0.5, 0.6) is 0 Å². The fourth-order valence-electron chi connectivity index (χ4n) is 2.19. The molecule has 1 aliphatic rings. The van der Waals surface area contributed by atoms with Crippen LogP contribution in [-0.4, -0.2) is 26.2 Å². The Morgan fingerprint density at radius 1 is 1.28 bits per heavy atom. The summed E-state index contributed by atoms with van der Waals surface area (Å²) < 4.78 is 28.4. The van der Waals surface area contributed by atoms with Crippen LogP contribution < -0.4 is 0 Å². The first kappa shape index (κ1) is 13.1. The van der Waals surface area contributed by atoms with Gasteiger partial charge in [0.15, 0.2) is 14.6 Å². The molecule has 0 bridgehead atoms. The molecule has 0 aromatic heterocycles. The molecular weight excluding hydrogens is 252 g/mol. The van der Waals surface area contributed by atoms with E-state index in [2.05, 4.69) is 4.74 Å². The summed E-state index contributed by atoms with van der Waals surface area (Å²) in [6.45, 7) is 3.64. The lowest BCUT2D eigenvalue weighted by Gasteiger charge is -2.15. The minimum absolute atomic E-state index is 0.232. The molecule has 2 rings (SSSR count). The van der Waals surface area contributed by atoms with E-state index in [1.165, 1.54) is 7.11 Å². The lowest BCUT2D eigenvalue weighted by Crippen LogP contribution is -2.34. The summed E-state index contributed by atoms with van der Waals surface area (Å²) in [6.07, 6.45) is 0.685. The first-order chi connectivity index (χ1) is 8.35. The molecule has 1 fully saturated rings. The number of hydrogen-bond acceptors (Lipinski definition) is 4. The molecule has 0 atom stereocenters. The van der Waals surface area contributed by atoms with E-state index >= 15 is 0 Å². The molecule has 1 saturated carbocycles. The van der Waals surface area contributed by atoms with Crippen molar-refractivity contribution in [1.82, 2.24) is 0 Å². The number of rotatable bonds is 3. The predicted molar refractivity (Wildman–Crippen MR) is 67.1 cm³/mol. The summed E-state index contributed by atoms with van der Waals surface area (Å²) in [5.41, 5.74) is 1.67. The molecule has 0 unspecified atom stereocenters. The van der Waals surface area contributed by atoms with E-state index in [4.69, 9.17) is 0 Å². The van der Waals surface area contributed by atoms with Crippen LogP contribution in [-0.2, 0) is 19.4 Å². The number of esters is 1. The first-order valence-corrected chi connectivity index (χ1v) is 7.24. The third kappa shape index (κ3) is 1.73. The van der Waals surface area contributed by atoms with Crippen molar-refractivity contribution in [3.05, 3.63) is 29.3 Å². The van der Waals surface area contributed by atoms with Gasteiger partial charge in [0.25, 0.3) is 0 Å². The van der Waals surface area contributed by atoms with Gasteiger partial charge in [0.05, 0.1) is 12.0 Å². The molecule has 4 nitrogen and oxygen atoms in total. The number of carbonyl (C=O) groups is 1. The van der Waals surface area contributed by atoms with Crippen LogP contribution in [0.15, 0.2) is 23.1 Å². The molecule has 5 heteroatoms. The highest BCUT2D eigenvalue weighted by Gasteiger charge is 2.62. The van der Waals surface area contributed by atoms with Crippen LogP contribution in [0.4, 0.5) is 0 Å². The fourth-order valence-corrected chi connectivity index (χ4v) is 4.29. The molecular formula is C13H16O4S.